The van der Waals surface area contributed by atoms with Gasteiger partial charge in [0.15, 0.2) is 0 Å². The van der Waals surface area contributed by atoms with Crippen LogP contribution in [0.15, 0.2) is 0 Å². The molecule has 21 heavy (non-hydrogen) atoms. The van der Waals surface area contributed by atoms with Crippen molar-refractivity contribution in [1.29, 1.82) is 0 Å². The molecule has 1 aliphatic rings. The molecule has 7 nitrogen and oxygen atoms in total. The molecular weight excluding hydrogens is 296 g/mol. The quantitative estimate of drug-likeness (QED) is 0.580. The predicted octanol–water partition coefficient (Wildman–Crippen LogP) is 0.754. The number of nitrogens with one attached hydrogen (secondary N) is 2. The van der Waals surface area contributed by atoms with Crippen LogP contribution in [0, 0.1) is 5.41 Å². The fourth-order valence-electron chi connectivity index (χ4n) is 2.29. The van der Waals surface area contributed by atoms with Crippen molar-refractivity contribution in [2.75, 3.05) is 18.6 Å². The highest BCUT2D eigenvalue weighted by Crippen LogP contribution is 2.48. The zero-order chi connectivity index (χ0) is 16.1. The highest BCUT2D eigenvalue weighted by Gasteiger charge is 2.41. The molecule has 1 unspecified atom stereocenters. The normalized spacial score (nSPS) is 17.8. The fourth-order valence-corrected chi connectivity index (χ4v) is 2.95. The topological polar surface area (TPSA) is 113 Å². The van der Waals surface area contributed by atoms with Crippen LogP contribution < -0.4 is 10.6 Å². The lowest BCUT2D eigenvalue weighted by Crippen LogP contribution is -2.47. The first kappa shape index (κ1) is 17.7. The molecule has 0 saturated heterocycles. The van der Waals surface area contributed by atoms with Gasteiger partial charge in [0.05, 0.1) is 5.75 Å². The summed E-state index contributed by atoms with van der Waals surface area (Å²) in [6.45, 7) is 2.62. The van der Waals surface area contributed by atoms with E-state index >= 15 is 0 Å². The van der Waals surface area contributed by atoms with Gasteiger partial charge < -0.3 is 15.7 Å². The minimum absolute atomic E-state index is 0.137. The van der Waals surface area contributed by atoms with Crippen molar-refractivity contribution >= 4 is 21.8 Å². The Kier molecular flexibility index (Phi) is 6.00. The molecule has 0 heterocycles. The van der Waals surface area contributed by atoms with Crippen LogP contribution in [0.1, 0.15) is 39.0 Å². The maximum Gasteiger partial charge on any atom is 0.326 e. The molecule has 1 saturated carbocycles. The van der Waals surface area contributed by atoms with Gasteiger partial charge >= 0.3 is 12.0 Å². The Morgan fingerprint density at radius 1 is 1.33 bits per heavy atom. The number of amides is 2. The Morgan fingerprint density at radius 3 is 2.38 bits per heavy atom. The molecule has 0 aromatic heterocycles. The summed E-state index contributed by atoms with van der Waals surface area (Å²) < 4.78 is 22.1. The van der Waals surface area contributed by atoms with Crippen molar-refractivity contribution in [2.24, 2.45) is 5.41 Å². The Labute approximate surface area is 125 Å². The Bertz CT molecular complexity index is 485. The number of hydrogen-bond acceptors (Lipinski definition) is 4. The third-order valence-corrected chi connectivity index (χ3v) is 4.72. The number of carboxylic acids is 1. The predicted molar refractivity (Wildman–Crippen MR) is 78.9 cm³/mol. The number of aliphatic carboxylic acids is 1. The molecule has 0 aromatic rings. The van der Waals surface area contributed by atoms with E-state index in [9.17, 15) is 18.0 Å². The number of urea groups is 1. The molecule has 0 spiro atoms. The lowest BCUT2D eigenvalue weighted by atomic mass is 10.0. The molecule has 0 bridgehead atoms. The van der Waals surface area contributed by atoms with Crippen LogP contribution in [0.25, 0.3) is 0 Å². The Morgan fingerprint density at radius 2 is 1.95 bits per heavy atom. The standard InChI is InChI=1S/C13H24N2O5S/c1-3-5-13(6-7-13)9-14-12(18)15-10(11(16)17)4-8-21(2,19)20/h10H,3-9H2,1-2H3,(H,16,17)(H2,14,15,18). The van der Waals surface area contributed by atoms with Gasteiger partial charge in [0.2, 0.25) is 0 Å². The van der Waals surface area contributed by atoms with Crippen molar-refractivity contribution in [1.82, 2.24) is 10.6 Å². The first-order valence-corrected chi connectivity index (χ1v) is 9.18. The maximum absolute atomic E-state index is 11.7. The van der Waals surface area contributed by atoms with E-state index in [0.29, 0.717) is 6.54 Å². The molecule has 1 atom stereocenters. The van der Waals surface area contributed by atoms with Crippen LogP contribution in [0.3, 0.4) is 0 Å². The largest absolute Gasteiger partial charge is 0.480 e. The Balaban J connectivity index is 2.40. The zero-order valence-corrected chi connectivity index (χ0v) is 13.3. The first-order chi connectivity index (χ1) is 9.67. The third-order valence-electron chi connectivity index (χ3n) is 3.74. The van der Waals surface area contributed by atoms with Crippen LogP contribution in [0.4, 0.5) is 4.79 Å². The average Bonchev–Trinajstić information content (AvgIpc) is 3.11. The van der Waals surface area contributed by atoms with Crippen LogP contribution in [-0.4, -0.2) is 50.1 Å². The average molecular weight is 320 g/mol. The molecule has 1 aliphatic carbocycles. The van der Waals surface area contributed by atoms with Gasteiger partial charge in [-0.15, -0.1) is 0 Å². The van der Waals surface area contributed by atoms with E-state index in [2.05, 4.69) is 17.6 Å². The van der Waals surface area contributed by atoms with Gasteiger partial charge in [-0.2, -0.15) is 0 Å². The second-order valence-electron chi connectivity index (χ2n) is 5.89. The Hall–Kier alpha value is -1.31. The van der Waals surface area contributed by atoms with E-state index in [4.69, 9.17) is 5.11 Å². The summed E-state index contributed by atoms with van der Waals surface area (Å²) >= 11 is 0. The maximum atomic E-state index is 11.7. The summed E-state index contributed by atoms with van der Waals surface area (Å²) in [5.74, 6) is -1.51. The monoisotopic (exact) mass is 320 g/mol. The smallest absolute Gasteiger partial charge is 0.326 e. The molecule has 1 rings (SSSR count). The van der Waals surface area contributed by atoms with E-state index in [1.807, 2.05) is 0 Å². The number of carboxylic acid groups (broad SMARTS) is 1. The summed E-state index contributed by atoms with van der Waals surface area (Å²) in [5, 5.41) is 14.0. The minimum Gasteiger partial charge on any atom is -0.480 e. The first-order valence-electron chi connectivity index (χ1n) is 7.12. The van der Waals surface area contributed by atoms with Gasteiger partial charge in [-0.05, 0) is 31.1 Å². The SMILES string of the molecule is CCCC1(CNC(=O)NC(CCS(C)(=O)=O)C(=O)O)CC1. The van der Waals surface area contributed by atoms with Crippen molar-refractivity contribution in [3.05, 3.63) is 0 Å². The van der Waals surface area contributed by atoms with Crippen LogP contribution in [-0.2, 0) is 14.6 Å². The molecule has 0 aromatic carbocycles. The molecule has 2 amide bonds. The fraction of sp³-hybridized carbons (Fsp3) is 0.846. The molecular formula is C13H24N2O5S. The summed E-state index contributed by atoms with van der Waals surface area (Å²) in [7, 11) is -3.26. The molecule has 122 valence electrons. The van der Waals surface area contributed by atoms with Gasteiger partial charge in [0, 0.05) is 12.8 Å². The van der Waals surface area contributed by atoms with E-state index in [0.717, 1.165) is 31.9 Å². The van der Waals surface area contributed by atoms with Gasteiger partial charge in [-0.25, -0.2) is 18.0 Å². The summed E-state index contributed by atoms with van der Waals surface area (Å²) in [5.41, 5.74) is 0.178. The van der Waals surface area contributed by atoms with Gasteiger partial charge in [-0.1, -0.05) is 13.3 Å². The third kappa shape index (κ3) is 6.79. The molecule has 0 radical (unpaired) electrons. The van der Waals surface area contributed by atoms with Crippen molar-refractivity contribution in [2.45, 2.75) is 45.1 Å². The highest BCUT2D eigenvalue weighted by molar-refractivity contribution is 7.90. The van der Waals surface area contributed by atoms with Crippen LogP contribution >= 0.6 is 0 Å². The summed E-state index contributed by atoms with van der Waals surface area (Å²) in [6, 6.07) is -1.75. The van der Waals surface area contributed by atoms with E-state index in [1.165, 1.54) is 0 Å². The second-order valence-corrected chi connectivity index (χ2v) is 8.15. The number of carbonyl (C=O) groups excluding carboxylic acids is 1. The second kappa shape index (κ2) is 7.11. The zero-order valence-electron chi connectivity index (χ0n) is 12.5. The number of rotatable bonds is 9. The van der Waals surface area contributed by atoms with E-state index in [-0.39, 0.29) is 17.6 Å². The van der Waals surface area contributed by atoms with Crippen LogP contribution in [0.5, 0.6) is 0 Å². The highest BCUT2D eigenvalue weighted by atomic mass is 32.2. The molecule has 1 fully saturated rings. The van der Waals surface area contributed by atoms with Crippen molar-refractivity contribution < 1.29 is 23.1 Å². The lowest BCUT2D eigenvalue weighted by Gasteiger charge is -2.18. The van der Waals surface area contributed by atoms with Gasteiger partial charge in [0.25, 0.3) is 0 Å². The number of carbonyl (C=O) groups is 2. The lowest BCUT2D eigenvalue weighted by molar-refractivity contribution is -0.139. The molecule has 3 N–H and O–H groups in total. The van der Waals surface area contributed by atoms with Crippen molar-refractivity contribution in [3.63, 3.8) is 0 Å². The summed E-state index contributed by atoms with van der Waals surface area (Å²) in [4.78, 5) is 22.8. The van der Waals surface area contributed by atoms with Gasteiger partial charge in [0.1, 0.15) is 15.9 Å². The minimum atomic E-state index is -3.26. The molecule has 0 aliphatic heterocycles. The van der Waals surface area contributed by atoms with E-state index < -0.39 is 27.9 Å². The van der Waals surface area contributed by atoms with Gasteiger partial charge in [-0.3, -0.25) is 0 Å². The molecule has 8 heteroatoms. The van der Waals surface area contributed by atoms with Crippen LogP contribution in [0.2, 0.25) is 0 Å². The number of hydrogen-bond donors (Lipinski definition) is 3. The summed E-state index contributed by atoms with van der Waals surface area (Å²) in [6.07, 6.45) is 5.16. The van der Waals surface area contributed by atoms with Crippen molar-refractivity contribution in [3.8, 4) is 0 Å². The number of sulfone groups is 1. The van der Waals surface area contributed by atoms with E-state index in [1.54, 1.807) is 0 Å².